The summed E-state index contributed by atoms with van der Waals surface area (Å²) in [6.07, 6.45) is 0. The zero-order valence-electron chi connectivity index (χ0n) is 11.9. The van der Waals surface area contributed by atoms with Crippen LogP contribution in [0, 0.1) is 29.6 Å². The highest BCUT2D eigenvalue weighted by atomic mass is 16.5. The highest BCUT2D eigenvalue weighted by molar-refractivity contribution is 5.81. The van der Waals surface area contributed by atoms with Crippen molar-refractivity contribution in [2.75, 3.05) is 12.3 Å². The molecule has 0 aliphatic rings. The second-order valence-corrected chi connectivity index (χ2v) is 4.52. The largest absolute Gasteiger partial charge is 0.462 e. The summed E-state index contributed by atoms with van der Waals surface area (Å²) >= 11 is 0. The molecule has 104 valence electrons. The van der Waals surface area contributed by atoms with Gasteiger partial charge in [-0.25, -0.2) is 4.98 Å². The Morgan fingerprint density at radius 1 is 1.24 bits per heavy atom. The van der Waals surface area contributed by atoms with Gasteiger partial charge in [0, 0.05) is 5.56 Å². The molecule has 0 aliphatic heterocycles. The molecule has 0 aliphatic carbocycles. The Kier molecular flexibility index (Phi) is 4.06. The fourth-order valence-electron chi connectivity index (χ4n) is 2.19. The molecule has 5 heteroatoms. The fraction of sp³-hybridized carbons (Fsp3) is 0.188. The van der Waals surface area contributed by atoms with Crippen LogP contribution in [-0.2, 0) is 0 Å². The number of hydrogen-bond donors (Lipinski definition) is 1. The number of hydrogen-bond acceptors (Lipinski definition) is 4. The first kappa shape index (κ1) is 14.4. The van der Waals surface area contributed by atoms with Gasteiger partial charge in [-0.15, -0.1) is 0 Å². The van der Waals surface area contributed by atoms with E-state index >= 15 is 0 Å². The lowest BCUT2D eigenvalue weighted by Crippen LogP contribution is -2.19. The predicted octanol–water partition coefficient (Wildman–Crippen LogP) is 2.20. The van der Waals surface area contributed by atoms with E-state index in [0.717, 1.165) is 11.1 Å². The van der Waals surface area contributed by atoms with Gasteiger partial charge < -0.3 is 4.74 Å². The number of nitriles is 2. The summed E-state index contributed by atoms with van der Waals surface area (Å²) in [5, 5.41) is 18.8. The summed E-state index contributed by atoms with van der Waals surface area (Å²) in [5.41, 5.74) is 8.73. The lowest BCUT2D eigenvalue weighted by molar-refractivity contribution is -0.377. The molecule has 5 nitrogen and oxygen atoms in total. The van der Waals surface area contributed by atoms with E-state index in [2.05, 4.69) is 17.1 Å². The lowest BCUT2D eigenvalue weighted by Gasteiger charge is -2.10. The number of nitrogens with one attached hydrogen (secondary N) is 1. The van der Waals surface area contributed by atoms with Crippen molar-refractivity contribution >= 4 is 5.82 Å². The van der Waals surface area contributed by atoms with Crippen LogP contribution in [-0.4, -0.2) is 6.61 Å². The van der Waals surface area contributed by atoms with Crippen molar-refractivity contribution < 1.29 is 9.72 Å². The summed E-state index contributed by atoms with van der Waals surface area (Å²) in [5.74, 6) is 0.476. The van der Waals surface area contributed by atoms with Crippen molar-refractivity contribution in [1.82, 2.24) is 0 Å². The number of aromatic nitrogens is 1. The Morgan fingerprint density at radius 3 is 2.52 bits per heavy atom. The molecule has 1 aromatic heterocycles. The van der Waals surface area contributed by atoms with Crippen LogP contribution in [0.3, 0.4) is 0 Å². The van der Waals surface area contributed by atoms with Crippen LogP contribution in [0.5, 0.6) is 5.88 Å². The number of H-pyrrole nitrogens is 1. The highest BCUT2D eigenvalue weighted by Crippen LogP contribution is 2.33. The van der Waals surface area contributed by atoms with E-state index in [0.29, 0.717) is 12.2 Å². The van der Waals surface area contributed by atoms with E-state index in [4.69, 9.17) is 10.5 Å². The van der Waals surface area contributed by atoms with Crippen molar-refractivity contribution in [2.45, 2.75) is 13.8 Å². The Balaban J connectivity index is 2.85. The molecule has 0 amide bonds. The molecule has 1 heterocycles. The standard InChI is InChI=1S/C16H14N4O/c1-3-21-16-13(9-18)14(12(8-17)15(19)20-16)11-6-4-5-10(2)7-11/h4-7H,3H2,1-2H3,(H2,19,20)/p+1. The number of nitrogens with zero attached hydrogens (tertiary/aromatic N) is 2. The molecule has 0 spiro atoms. The van der Waals surface area contributed by atoms with Crippen LogP contribution in [0.2, 0.25) is 0 Å². The number of ether oxygens (including phenoxy) is 1. The third-order valence-corrected chi connectivity index (χ3v) is 3.06. The zero-order chi connectivity index (χ0) is 15.4. The molecule has 3 N–H and O–H groups in total. The summed E-state index contributed by atoms with van der Waals surface area (Å²) in [4.78, 5) is 2.78. The average molecular weight is 279 g/mol. The Bertz CT molecular complexity index is 769. The van der Waals surface area contributed by atoms with E-state index in [1.807, 2.05) is 38.1 Å². The van der Waals surface area contributed by atoms with Gasteiger partial charge in [0.05, 0.1) is 6.61 Å². The van der Waals surface area contributed by atoms with Gasteiger partial charge in [0.15, 0.2) is 5.56 Å². The Labute approximate surface area is 123 Å². The summed E-state index contributed by atoms with van der Waals surface area (Å²) < 4.78 is 5.43. The number of aromatic amines is 1. The first-order chi connectivity index (χ1) is 10.1. The van der Waals surface area contributed by atoms with E-state index in [-0.39, 0.29) is 22.8 Å². The maximum atomic E-state index is 9.47. The smallest absolute Gasteiger partial charge is 0.301 e. The summed E-state index contributed by atoms with van der Waals surface area (Å²) in [6.45, 7) is 4.16. The van der Waals surface area contributed by atoms with Crippen LogP contribution in [0.4, 0.5) is 5.82 Å². The van der Waals surface area contributed by atoms with Gasteiger partial charge in [0.25, 0.3) is 5.82 Å². The number of rotatable bonds is 3. The van der Waals surface area contributed by atoms with Crippen LogP contribution in [0.1, 0.15) is 23.6 Å². The maximum Gasteiger partial charge on any atom is 0.301 e. The van der Waals surface area contributed by atoms with E-state index in [1.165, 1.54) is 0 Å². The molecule has 0 atom stereocenters. The molecule has 2 aromatic rings. The van der Waals surface area contributed by atoms with Crippen molar-refractivity contribution in [1.29, 1.82) is 10.5 Å². The van der Waals surface area contributed by atoms with Crippen molar-refractivity contribution in [2.24, 2.45) is 0 Å². The van der Waals surface area contributed by atoms with Gasteiger partial charge in [0.2, 0.25) is 0 Å². The first-order valence-corrected chi connectivity index (χ1v) is 6.51. The highest BCUT2D eigenvalue weighted by Gasteiger charge is 2.24. The number of aryl methyl sites for hydroxylation is 1. The van der Waals surface area contributed by atoms with Crippen molar-refractivity contribution in [3.63, 3.8) is 0 Å². The average Bonchev–Trinajstić information content (AvgIpc) is 2.47. The fourth-order valence-corrected chi connectivity index (χ4v) is 2.19. The lowest BCUT2D eigenvalue weighted by atomic mass is 9.95. The topological polar surface area (TPSA) is 97.0 Å². The number of nitrogen functional groups attached to an aromatic ring is 1. The second kappa shape index (κ2) is 5.94. The molecule has 0 unspecified atom stereocenters. The Hall–Kier alpha value is -3.05. The van der Waals surface area contributed by atoms with Crippen molar-refractivity contribution in [3.8, 4) is 29.1 Å². The molecule has 0 saturated heterocycles. The van der Waals surface area contributed by atoms with Gasteiger partial charge in [-0.2, -0.15) is 10.5 Å². The molecule has 1 aromatic carbocycles. The van der Waals surface area contributed by atoms with Gasteiger partial charge >= 0.3 is 5.88 Å². The normalized spacial score (nSPS) is 9.71. The molecular formula is C16H15N4O+. The number of nitrogens with two attached hydrogens (primary N) is 1. The zero-order valence-corrected chi connectivity index (χ0v) is 11.9. The van der Waals surface area contributed by atoms with Crippen LogP contribution < -0.4 is 15.5 Å². The van der Waals surface area contributed by atoms with Gasteiger partial charge in [-0.05, 0) is 19.4 Å². The van der Waals surface area contributed by atoms with Crippen molar-refractivity contribution in [3.05, 3.63) is 41.0 Å². The third-order valence-electron chi connectivity index (χ3n) is 3.06. The molecule has 0 saturated carbocycles. The maximum absolute atomic E-state index is 9.47. The van der Waals surface area contributed by atoms with E-state index in [1.54, 1.807) is 0 Å². The monoisotopic (exact) mass is 279 g/mol. The molecule has 0 fully saturated rings. The predicted molar refractivity (Wildman–Crippen MR) is 78.2 cm³/mol. The molecular weight excluding hydrogens is 264 g/mol. The van der Waals surface area contributed by atoms with Gasteiger partial charge in [-0.3, -0.25) is 5.73 Å². The summed E-state index contributed by atoms with van der Waals surface area (Å²) in [7, 11) is 0. The van der Waals surface area contributed by atoms with Gasteiger partial charge in [0.1, 0.15) is 17.7 Å². The van der Waals surface area contributed by atoms with Gasteiger partial charge in [-0.1, -0.05) is 29.8 Å². The molecule has 0 bridgehead atoms. The minimum atomic E-state index is 0.191. The van der Waals surface area contributed by atoms with Crippen LogP contribution in [0.25, 0.3) is 11.1 Å². The minimum absolute atomic E-state index is 0.191. The van der Waals surface area contributed by atoms with Crippen LogP contribution in [0.15, 0.2) is 24.3 Å². The minimum Gasteiger partial charge on any atom is -0.462 e. The van der Waals surface area contributed by atoms with E-state index in [9.17, 15) is 10.5 Å². The first-order valence-electron chi connectivity index (χ1n) is 6.51. The quantitative estimate of drug-likeness (QED) is 0.931. The van der Waals surface area contributed by atoms with E-state index < -0.39 is 0 Å². The van der Waals surface area contributed by atoms with Crippen LogP contribution >= 0.6 is 0 Å². The Morgan fingerprint density at radius 2 is 1.95 bits per heavy atom. The number of anilines is 1. The number of pyridine rings is 1. The molecule has 2 rings (SSSR count). The number of benzene rings is 1. The molecule has 21 heavy (non-hydrogen) atoms. The second-order valence-electron chi connectivity index (χ2n) is 4.52. The summed E-state index contributed by atoms with van der Waals surface area (Å²) in [6, 6.07) is 11.7. The third kappa shape index (κ3) is 2.63. The molecule has 0 radical (unpaired) electrons. The SMILES string of the molecule is CCOc1[nH+]c(N)c(C#N)c(-c2cccc(C)c2)c1C#N.